The van der Waals surface area contributed by atoms with Gasteiger partial charge in [0.25, 0.3) is 11.8 Å². The number of rotatable bonds is 8. The van der Waals surface area contributed by atoms with Gasteiger partial charge in [0, 0.05) is 17.8 Å². The SMILES string of the molecule is CCS(=O)(=O)Nc1ccc(C(=O)N2C[C@H](C(=O)NCCc3ccccc3)Oc3ccccc32)cc1. The highest BCUT2D eigenvalue weighted by Crippen LogP contribution is 2.34. The molecule has 0 spiro atoms. The lowest BCUT2D eigenvalue weighted by Gasteiger charge is -2.34. The van der Waals surface area contributed by atoms with Crippen LogP contribution in [0, 0.1) is 0 Å². The van der Waals surface area contributed by atoms with E-state index in [-0.39, 0.29) is 24.1 Å². The Hall–Kier alpha value is -3.85. The van der Waals surface area contributed by atoms with E-state index in [0.29, 0.717) is 35.7 Å². The lowest BCUT2D eigenvalue weighted by molar-refractivity contribution is -0.127. The molecule has 0 radical (unpaired) electrons. The fourth-order valence-electron chi connectivity index (χ4n) is 3.74. The molecule has 0 saturated heterocycles. The zero-order chi connectivity index (χ0) is 24.8. The van der Waals surface area contributed by atoms with Gasteiger partial charge >= 0.3 is 0 Å². The first-order chi connectivity index (χ1) is 16.9. The molecule has 0 unspecified atom stereocenters. The molecule has 3 aromatic rings. The molecular formula is C26H27N3O5S. The van der Waals surface area contributed by atoms with E-state index in [0.717, 1.165) is 5.56 Å². The molecule has 35 heavy (non-hydrogen) atoms. The first-order valence-electron chi connectivity index (χ1n) is 11.4. The average Bonchev–Trinajstić information content (AvgIpc) is 2.88. The molecule has 9 heteroatoms. The first-order valence-corrected chi connectivity index (χ1v) is 13.0. The van der Waals surface area contributed by atoms with Gasteiger partial charge in [-0.2, -0.15) is 0 Å². The lowest BCUT2D eigenvalue weighted by Crippen LogP contribution is -2.51. The predicted octanol–water partition coefficient (Wildman–Crippen LogP) is 3.21. The zero-order valence-electron chi connectivity index (χ0n) is 19.3. The summed E-state index contributed by atoms with van der Waals surface area (Å²) in [7, 11) is -3.41. The van der Waals surface area contributed by atoms with E-state index in [1.54, 1.807) is 55.5 Å². The largest absolute Gasteiger partial charge is 0.477 e. The van der Waals surface area contributed by atoms with E-state index < -0.39 is 16.1 Å². The number of nitrogens with zero attached hydrogens (tertiary/aromatic N) is 1. The third-order valence-corrected chi connectivity index (χ3v) is 6.96. The van der Waals surface area contributed by atoms with Crippen molar-refractivity contribution in [3.63, 3.8) is 0 Å². The Morgan fingerprint density at radius 3 is 2.37 bits per heavy atom. The lowest BCUT2D eigenvalue weighted by atomic mass is 10.1. The smallest absolute Gasteiger partial charge is 0.262 e. The fraction of sp³-hybridized carbons (Fsp3) is 0.231. The molecule has 2 N–H and O–H groups in total. The van der Waals surface area contributed by atoms with Gasteiger partial charge in [0.2, 0.25) is 10.0 Å². The normalized spacial score (nSPS) is 15.0. The van der Waals surface area contributed by atoms with Crippen molar-refractivity contribution in [2.45, 2.75) is 19.4 Å². The van der Waals surface area contributed by atoms with Crippen LogP contribution in [-0.4, -0.2) is 45.2 Å². The van der Waals surface area contributed by atoms with Crippen molar-refractivity contribution in [3.8, 4) is 5.75 Å². The number of carbonyl (C=O) groups is 2. The summed E-state index contributed by atoms with van der Waals surface area (Å²) in [5, 5.41) is 2.90. The van der Waals surface area contributed by atoms with Crippen LogP contribution in [0.25, 0.3) is 0 Å². The molecule has 0 fully saturated rings. The summed E-state index contributed by atoms with van der Waals surface area (Å²) >= 11 is 0. The Kier molecular flexibility index (Phi) is 7.36. The number of ether oxygens (including phenoxy) is 1. The van der Waals surface area contributed by atoms with Gasteiger partial charge in [-0.15, -0.1) is 0 Å². The van der Waals surface area contributed by atoms with Crippen molar-refractivity contribution in [2.24, 2.45) is 0 Å². The van der Waals surface area contributed by atoms with Crippen LogP contribution in [0.5, 0.6) is 5.75 Å². The Morgan fingerprint density at radius 1 is 0.971 bits per heavy atom. The van der Waals surface area contributed by atoms with Crippen molar-refractivity contribution in [1.29, 1.82) is 0 Å². The van der Waals surface area contributed by atoms with Gasteiger partial charge in [-0.05, 0) is 55.3 Å². The molecule has 8 nitrogen and oxygen atoms in total. The van der Waals surface area contributed by atoms with Crippen LogP contribution in [0.15, 0.2) is 78.9 Å². The summed E-state index contributed by atoms with van der Waals surface area (Å²) < 4.78 is 32.0. The summed E-state index contributed by atoms with van der Waals surface area (Å²) in [5.41, 5.74) is 2.43. The van der Waals surface area contributed by atoms with Crippen LogP contribution in [-0.2, 0) is 21.2 Å². The van der Waals surface area contributed by atoms with E-state index in [9.17, 15) is 18.0 Å². The Labute approximate surface area is 205 Å². The van der Waals surface area contributed by atoms with Gasteiger partial charge in [-0.1, -0.05) is 42.5 Å². The van der Waals surface area contributed by atoms with E-state index >= 15 is 0 Å². The van der Waals surface area contributed by atoms with Crippen LogP contribution in [0.4, 0.5) is 11.4 Å². The maximum atomic E-state index is 13.4. The number of para-hydroxylation sites is 2. The van der Waals surface area contributed by atoms with E-state index in [2.05, 4.69) is 10.0 Å². The number of fused-ring (bicyclic) bond motifs is 1. The van der Waals surface area contributed by atoms with Crippen molar-refractivity contribution < 1.29 is 22.7 Å². The predicted molar refractivity (Wildman–Crippen MR) is 135 cm³/mol. The molecule has 3 aromatic carbocycles. The Bertz CT molecular complexity index is 1290. The number of nitrogens with one attached hydrogen (secondary N) is 2. The van der Waals surface area contributed by atoms with E-state index in [1.165, 1.54) is 4.90 Å². The summed E-state index contributed by atoms with van der Waals surface area (Å²) in [4.78, 5) is 27.8. The molecule has 1 atom stereocenters. The minimum absolute atomic E-state index is 0.0486. The molecule has 182 valence electrons. The fourth-order valence-corrected chi connectivity index (χ4v) is 4.38. The first kappa shape index (κ1) is 24.3. The van der Waals surface area contributed by atoms with Crippen LogP contribution in [0.2, 0.25) is 0 Å². The second kappa shape index (κ2) is 10.6. The monoisotopic (exact) mass is 493 g/mol. The molecule has 1 aliphatic rings. The third-order valence-electron chi connectivity index (χ3n) is 5.65. The van der Waals surface area contributed by atoms with Gasteiger partial charge in [-0.25, -0.2) is 8.42 Å². The number of sulfonamides is 1. The molecule has 0 bridgehead atoms. The zero-order valence-corrected chi connectivity index (χ0v) is 20.1. The minimum Gasteiger partial charge on any atom is -0.477 e. The minimum atomic E-state index is -3.41. The van der Waals surface area contributed by atoms with Crippen molar-refractivity contribution >= 4 is 33.2 Å². The molecule has 0 aliphatic carbocycles. The van der Waals surface area contributed by atoms with Crippen LogP contribution in [0.3, 0.4) is 0 Å². The number of hydrogen-bond donors (Lipinski definition) is 2. The second-order valence-corrected chi connectivity index (χ2v) is 10.1. The van der Waals surface area contributed by atoms with Crippen molar-refractivity contribution in [1.82, 2.24) is 5.32 Å². The summed E-state index contributed by atoms with van der Waals surface area (Å²) in [6, 6.07) is 23.1. The number of anilines is 2. The van der Waals surface area contributed by atoms with Gasteiger partial charge < -0.3 is 15.0 Å². The molecular weight excluding hydrogens is 466 g/mol. The number of hydrogen-bond acceptors (Lipinski definition) is 5. The molecule has 0 saturated carbocycles. The third kappa shape index (κ3) is 5.99. The maximum absolute atomic E-state index is 13.4. The number of amides is 2. The van der Waals surface area contributed by atoms with Gasteiger partial charge in [0.05, 0.1) is 18.0 Å². The van der Waals surface area contributed by atoms with Crippen LogP contribution in [0.1, 0.15) is 22.8 Å². The van der Waals surface area contributed by atoms with E-state index in [1.807, 2.05) is 30.3 Å². The molecule has 2 amide bonds. The van der Waals surface area contributed by atoms with Gasteiger partial charge in [-0.3, -0.25) is 14.3 Å². The summed E-state index contributed by atoms with van der Waals surface area (Å²) in [6.07, 6.45) is -0.174. The molecule has 1 aliphatic heterocycles. The molecule has 4 rings (SSSR count). The number of benzene rings is 3. The highest BCUT2D eigenvalue weighted by atomic mass is 32.2. The average molecular weight is 494 g/mol. The van der Waals surface area contributed by atoms with E-state index in [4.69, 9.17) is 4.74 Å². The summed E-state index contributed by atoms with van der Waals surface area (Å²) in [6.45, 7) is 2.05. The van der Waals surface area contributed by atoms with Gasteiger partial charge in [0.1, 0.15) is 5.75 Å². The maximum Gasteiger partial charge on any atom is 0.262 e. The second-order valence-electron chi connectivity index (χ2n) is 8.10. The topological polar surface area (TPSA) is 105 Å². The quantitative estimate of drug-likeness (QED) is 0.501. The molecule has 1 heterocycles. The highest BCUT2D eigenvalue weighted by Gasteiger charge is 2.34. The van der Waals surface area contributed by atoms with Crippen molar-refractivity contribution in [3.05, 3.63) is 90.0 Å². The standard InChI is InChI=1S/C26H27N3O5S/c1-2-35(32,33)28-21-14-12-20(13-15-21)26(31)29-18-24(34-23-11-7-6-10-22(23)29)25(30)27-17-16-19-8-4-3-5-9-19/h3-15,24,28H,2,16-18H2,1H3,(H,27,30)/t24-/m1/s1. The van der Waals surface area contributed by atoms with Crippen LogP contribution < -0.4 is 19.7 Å². The van der Waals surface area contributed by atoms with Crippen molar-refractivity contribution in [2.75, 3.05) is 28.5 Å². The Morgan fingerprint density at radius 2 is 1.66 bits per heavy atom. The molecule has 0 aromatic heterocycles. The summed E-state index contributed by atoms with van der Waals surface area (Å²) in [5.74, 6) is -0.208. The number of carbonyl (C=O) groups excluding carboxylic acids is 2. The Balaban J connectivity index is 1.47. The highest BCUT2D eigenvalue weighted by molar-refractivity contribution is 7.92. The van der Waals surface area contributed by atoms with Crippen LogP contribution >= 0.6 is 0 Å². The van der Waals surface area contributed by atoms with Gasteiger partial charge in [0.15, 0.2) is 6.10 Å².